The Morgan fingerprint density at radius 1 is 1.39 bits per heavy atom. The average molecular weight is 315 g/mol. The topological polar surface area (TPSA) is 74.3 Å². The number of fused-ring (bicyclic) bond motifs is 1. The van der Waals surface area contributed by atoms with Gasteiger partial charge in [-0.2, -0.15) is 0 Å². The predicted octanol–water partition coefficient (Wildman–Crippen LogP) is 1.84. The van der Waals surface area contributed by atoms with E-state index in [0.717, 1.165) is 61.8 Å². The third-order valence-corrected chi connectivity index (χ3v) is 4.25. The number of nitrogens with zero attached hydrogens (tertiary/aromatic N) is 2. The number of aliphatic imine (C=N–C) groups is 1. The fourth-order valence-corrected chi connectivity index (χ4v) is 2.89. The second-order valence-electron chi connectivity index (χ2n) is 6.21. The van der Waals surface area contributed by atoms with E-state index in [2.05, 4.69) is 32.5 Å². The molecule has 1 unspecified atom stereocenters. The Bertz CT molecular complexity index is 639. The van der Waals surface area contributed by atoms with Crippen molar-refractivity contribution in [1.29, 1.82) is 0 Å². The molecule has 0 amide bonds. The van der Waals surface area contributed by atoms with E-state index in [1.807, 2.05) is 24.3 Å². The van der Waals surface area contributed by atoms with Crippen molar-refractivity contribution in [1.82, 2.24) is 20.6 Å². The van der Waals surface area contributed by atoms with Crippen LogP contribution in [0.15, 0.2) is 29.3 Å². The number of ether oxygens (including phenoxy) is 1. The zero-order valence-electron chi connectivity index (χ0n) is 13.9. The number of guanidine groups is 1. The maximum absolute atomic E-state index is 5.78. The van der Waals surface area contributed by atoms with E-state index in [9.17, 15) is 0 Å². The van der Waals surface area contributed by atoms with Gasteiger partial charge in [0.1, 0.15) is 5.82 Å². The Balaban J connectivity index is 1.46. The molecule has 6 heteroatoms. The SMILES string of the molecule is CN=C(NCCc1nc2ccccc2[nH]1)NCC1(C)CCCO1. The molecule has 1 aliphatic heterocycles. The van der Waals surface area contributed by atoms with Crippen molar-refractivity contribution in [3.05, 3.63) is 30.1 Å². The number of hydrogen-bond acceptors (Lipinski definition) is 3. The second kappa shape index (κ2) is 7.00. The van der Waals surface area contributed by atoms with Gasteiger partial charge in [0, 0.05) is 33.2 Å². The quantitative estimate of drug-likeness (QED) is 0.581. The first-order valence-corrected chi connectivity index (χ1v) is 8.21. The number of imidazole rings is 1. The van der Waals surface area contributed by atoms with Crippen LogP contribution in [0.4, 0.5) is 0 Å². The molecule has 2 aromatic rings. The van der Waals surface area contributed by atoms with Crippen molar-refractivity contribution in [3.63, 3.8) is 0 Å². The van der Waals surface area contributed by atoms with E-state index >= 15 is 0 Å². The van der Waals surface area contributed by atoms with Crippen LogP contribution >= 0.6 is 0 Å². The van der Waals surface area contributed by atoms with E-state index in [4.69, 9.17) is 4.74 Å². The van der Waals surface area contributed by atoms with Crippen LogP contribution in [0.25, 0.3) is 11.0 Å². The van der Waals surface area contributed by atoms with Crippen LogP contribution < -0.4 is 10.6 Å². The first-order chi connectivity index (χ1) is 11.2. The summed E-state index contributed by atoms with van der Waals surface area (Å²) < 4.78 is 5.78. The highest BCUT2D eigenvalue weighted by Crippen LogP contribution is 2.23. The van der Waals surface area contributed by atoms with Crippen LogP contribution in [0.3, 0.4) is 0 Å². The standard InChI is InChI=1S/C17H25N5O/c1-17(9-5-11-23-17)12-20-16(18-2)19-10-8-15-21-13-6-3-4-7-14(13)22-15/h3-4,6-7H,5,8-12H2,1-2H3,(H,21,22)(H2,18,19,20). The maximum atomic E-state index is 5.78. The molecule has 1 aromatic heterocycles. The van der Waals surface area contributed by atoms with Crippen molar-refractivity contribution < 1.29 is 4.74 Å². The minimum absolute atomic E-state index is 0.0731. The van der Waals surface area contributed by atoms with Gasteiger partial charge in [-0.15, -0.1) is 0 Å². The summed E-state index contributed by atoms with van der Waals surface area (Å²) >= 11 is 0. The predicted molar refractivity (Wildman–Crippen MR) is 92.8 cm³/mol. The van der Waals surface area contributed by atoms with Crippen molar-refractivity contribution in [2.24, 2.45) is 4.99 Å². The smallest absolute Gasteiger partial charge is 0.191 e. The lowest BCUT2D eigenvalue weighted by atomic mass is 10.0. The highest BCUT2D eigenvalue weighted by Gasteiger charge is 2.29. The number of rotatable bonds is 5. The lowest BCUT2D eigenvalue weighted by Crippen LogP contribution is -2.46. The van der Waals surface area contributed by atoms with Gasteiger partial charge in [0.05, 0.1) is 16.6 Å². The molecular weight excluding hydrogens is 290 g/mol. The summed E-state index contributed by atoms with van der Waals surface area (Å²) in [7, 11) is 1.79. The molecule has 6 nitrogen and oxygen atoms in total. The lowest BCUT2D eigenvalue weighted by Gasteiger charge is -2.24. The van der Waals surface area contributed by atoms with Gasteiger partial charge >= 0.3 is 0 Å². The molecule has 1 aliphatic rings. The van der Waals surface area contributed by atoms with E-state index in [1.54, 1.807) is 7.05 Å². The summed E-state index contributed by atoms with van der Waals surface area (Å²) in [6, 6.07) is 8.08. The normalized spacial score (nSPS) is 21.7. The summed E-state index contributed by atoms with van der Waals surface area (Å²) in [5.41, 5.74) is 2.02. The largest absolute Gasteiger partial charge is 0.373 e. The Hall–Kier alpha value is -2.08. The van der Waals surface area contributed by atoms with Gasteiger partial charge in [0.2, 0.25) is 0 Å². The fourth-order valence-electron chi connectivity index (χ4n) is 2.89. The van der Waals surface area contributed by atoms with Gasteiger partial charge in [-0.25, -0.2) is 4.98 Å². The number of benzene rings is 1. The van der Waals surface area contributed by atoms with E-state index < -0.39 is 0 Å². The lowest BCUT2D eigenvalue weighted by molar-refractivity contribution is 0.0243. The molecule has 1 fully saturated rings. The highest BCUT2D eigenvalue weighted by atomic mass is 16.5. The Kier molecular flexibility index (Phi) is 4.81. The maximum Gasteiger partial charge on any atom is 0.191 e. The minimum atomic E-state index is -0.0731. The molecular formula is C17H25N5O. The van der Waals surface area contributed by atoms with Gasteiger partial charge in [0.25, 0.3) is 0 Å². The number of H-pyrrole nitrogens is 1. The molecule has 3 N–H and O–H groups in total. The number of nitrogens with one attached hydrogen (secondary N) is 3. The number of hydrogen-bond donors (Lipinski definition) is 3. The first-order valence-electron chi connectivity index (χ1n) is 8.21. The molecule has 124 valence electrons. The first kappa shape index (κ1) is 15.8. The van der Waals surface area contributed by atoms with Crippen molar-refractivity contribution in [2.45, 2.75) is 31.8 Å². The van der Waals surface area contributed by atoms with Crippen LogP contribution in [0.5, 0.6) is 0 Å². The van der Waals surface area contributed by atoms with Crippen LogP contribution in [-0.2, 0) is 11.2 Å². The molecule has 1 saturated heterocycles. The summed E-state index contributed by atoms with van der Waals surface area (Å²) in [4.78, 5) is 12.2. The Morgan fingerprint density at radius 2 is 2.26 bits per heavy atom. The van der Waals surface area contributed by atoms with Gasteiger partial charge in [-0.3, -0.25) is 4.99 Å². The molecule has 23 heavy (non-hydrogen) atoms. The monoisotopic (exact) mass is 315 g/mol. The molecule has 1 aromatic carbocycles. The van der Waals surface area contributed by atoms with E-state index in [1.165, 1.54) is 0 Å². The van der Waals surface area contributed by atoms with Crippen LogP contribution in [-0.4, -0.2) is 48.3 Å². The molecule has 0 bridgehead atoms. The third-order valence-electron chi connectivity index (χ3n) is 4.25. The Morgan fingerprint density at radius 3 is 3.00 bits per heavy atom. The fraction of sp³-hybridized carbons (Fsp3) is 0.529. The number of para-hydroxylation sites is 2. The average Bonchev–Trinajstić information content (AvgIpc) is 3.17. The zero-order valence-corrected chi connectivity index (χ0v) is 13.9. The van der Waals surface area contributed by atoms with Crippen LogP contribution in [0.1, 0.15) is 25.6 Å². The highest BCUT2D eigenvalue weighted by molar-refractivity contribution is 5.79. The van der Waals surface area contributed by atoms with Gasteiger partial charge in [-0.05, 0) is 31.9 Å². The minimum Gasteiger partial charge on any atom is -0.373 e. The van der Waals surface area contributed by atoms with Gasteiger partial charge in [-0.1, -0.05) is 12.1 Å². The summed E-state index contributed by atoms with van der Waals surface area (Å²) in [5.74, 6) is 1.79. The second-order valence-corrected chi connectivity index (χ2v) is 6.21. The zero-order chi connectivity index (χ0) is 16.1. The molecule has 0 saturated carbocycles. The molecule has 2 heterocycles. The number of aromatic amines is 1. The van der Waals surface area contributed by atoms with E-state index in [-0.39, 0.29) is 5.60 Å². The molecule has 0 radical (unpaired) electrons. The summed E-state index contributed by atoms with van der Waals surface area (Å²) in [6.45, 7) is 4.55. The van der Waals surface area contributed by atoms with Crippen LogP contribution in [0, 0.1) is 0 Å². The van der Waals surface area contributed by atoms with E-state index in [0.29, 0.717) is 0 Å². The Labute approximate surface area is 136 Å². The van der Waals surface area contributed by atoms with Gasteiger partial charge in [0.15, 0.2) is 5.96 Å². The summed E-state index contributed by atoms with van der Waals surface area (Å²) in [5, 5.41) is 6.67. The van der Waals surface area contributed by atoms with Crippen molar-refractivity contribution >= 4 is 17.0 Å². The number of aromatic nitrogens is 2. The molecule has 3 rings (SSSR count). The van der Waals surface area contributed by atoms with Crippen LogP contribution in [0.2, 0.25) is 0 Å². The molecule has 0 spiro atoms. The molecule has 0 aliphatic carbocycles. The van der Waals surface area contributed by atoms with Gasteiger partial charge < -0.3 is 20.4 Å². The third kappa shape index (κ3) is 4.01. The molecule has 1 atom stereocenters. The van der Waals surface area contributed by atoms with Crippen molar-refractivity contribution in [3.8, 4) is 0 Å². The van der Waals surface area contributed by atoms with Crippen molar-refractivity contribution in [2.75, 3.05) is 26.7 Å². The summed E-state index contributed by atoms with van der Waals surface area (Å²) in [6.07, 6.45) is 3.05.